The Morgan fingerprint density at radius 2 is 1.79 bits per heavy atom. The van der Waals surface area contributed by atoms with Crippen LogP contribution in [-0.4, -0.2) is 43.2 Å². The van der Waals surface area contributed by atoms with Crippen molar-refractivity contribution in [3.63, 3.8) is 0 Å². The van der Waals surface area contributed by atoms with E-state index in [1.165, 1.54) is 25.3 Å². The molecule has 0 aliphatic carbocycles. The second-order valence-electron chi connectivity index (χ2n) is 8.51. The number of nitrogens with zero attached hydrogens (tertiary/aromatic N) is 1. The third kappa shape index (κ3) is 2.62. The Hall–Kier alpha value is -4.33. The number of carbonyl (C=O) groups excluding carboxylic acids is 2. The zero-order valence-corrected chi connectivity index (χ0v) is 18.1. The molecule has 3 heterocycles. The van der Waals surface area contributed by atoms with Gasteiger partial charge in [0.15, 0.2) is 5.60 Å². The molecule has 1 saturated heterocycles. The van der Waals surface area contributed by atoms with Crippen LogP contribution >= 0.6 is 0 Å². The van der Waals surface area contributed by atoms with Gasteiger partial charge in [0, 0.05) is 29.9 Å². The smallest absolute Gasteiger partial charge is 0.340 e. The van der Waals surface area contributed by atoms with Crippen LogP contribution in [0.25, 0.3) is 0 Å². The number of methoxy groups -OCH3 is 1. The van der Waals surface area contributed by atoms with Gasteiger partial charge in [-0.25, -0.2) is 9.59 Å². The van der Waals surface area contributed by atoms with Gasteiger partial charge in [-0.1, -0.05) is 24.3 Å². The van der Waals surface area contributed by atoms with E-state index in [0.717, 1.165) is 5.69 Å². The van der Waals surface area contributed by atoms with Crippen LogP contribution in [0.2, 0.25) is 0 Å². The van der Waals surface area contributed by atoms with E-state index >= 15 is 0 Å². The molecule has 8 heteroatoms. The van der Waals surface area contributed by atoms with Crippen molar-refractivity contribution in [1.82, 2.24) is 0 Å². The van der Waals surface area contributed by atoms with Crippen LogP contribution < -0.4 is 9.64 Å². The van der Waals surface area contributed by atoms with Crippen molar-refractivity contribution in [2.45, 2.75) is 5.60 Å². The molecule has 0 amide bonds. The van der Waals surface area contributed by atoms with E-state index in [9.17, 15) is 19.5 Å². The molecule has 0 radical (unpaired) electrons. The van der Waals surface area contributed by atoms with Crippen LogP contribution in [-0.2, 0) is 19.9 Å². The second kappa shape index (κ2) is 7.08. The Bertz CT molecular complexity index is 1390. The molecule has 3 aromatic carbocycles. The Morgan fingerprint density at radius 1 is 1.03 bits per heavy atom. The van der Waals surface area contributed by atoms with Gasteiger partial charge in [0.1, 0.15) is 11.5 Å². The Morgan fingerprint density at radius 3 is 2.56 bits per heavy atom. The number of aromatic carboxylic acids is 1. The molecule has 8 nitrogen and oxygen atoms in total. The largest absolute Gasteiger partial charge is 0.478 e. The minimum atomic E-state index is -1.39. The topological polar surface area (TPSA) is 102 Å². The van der Waals surface area contributed by atoms with Gasteiger partial charge in [0.2, 0.25) is 0 Å². The number of benzene rings is 3. The first-order chi connectivity index (χ1) is 16.4. The van der Waals surface area contributed by atoms with Gasteiger partial charge in [-0.05, 0) is 36.4 Å². The average molecular weight is 457 g/mol. The Kier molecular flexibility index (Phi) is 4.23. The maximum absolute atomic E-state index is 13.1. The van der Waals surface area contributed by atoms with Crippen molar-refractivity contribution in [2.24, 2.45) is 5.92 Å². The summed E-state index contributed by atoms with van der Waals surface area (Å²) in [6, 6.07) is 17.2. The van der Waals surface area contributed by atoms with Crippen molar-refractivity contribution in [3.05, 3.63) is 88.5 Å². The highest BCUT2D eigenvalue weighted by molar-refractivity contribution is 5.99. The van der Waals surface area contributed by atoms with E-state index in [1.54, 1.807) is 12.1 Å². The molecule has 170 valence electrons. The van der Waals surface area contributed by atoms with E-state index in [1.807, 2.05) is 35.2 Å². The van der Waals surface area contributed by atoms with Gasteiger partial charge in [0.05, 0.1) is 29.7 Å². The van der Waals surface area contributed by atoms with Crippen LogP contribution in [0.1, 0.15) is 37.4 Å². The lowest BCUT2D eigenvalue weighted by atomic mass is 9.76. The molecule has 34 heavy (non-hydrogen) atoms. The Balaban J connectivity index is 1.60. The van der Waals surface area contributed by atoms with Gasteiger partial charge in [-0.15, -0.1) is 0 Å². The summed E-state index contributed by atoms with van der Waals surface area (Å²) in [5.74, 6) is -1.16. The highest BCUT2D eigenvalue weighted by atomic mass is 16.6. The number of carboxylic acid groups (broad SMARTS) is 1. The maximum Gasteiger partial charge on any atom is 0.340 e. The van der Waals surface area contributed by atoms with Gasteiger partial charge >= 0.3 is 17.9 Å². The molecule has 1 N–H and O–H groups in total. The normalized spacial score (nSPS) is 19.9. The van der Waals surface area contributed by atoms with E-state index in [0.29, 0.717) is 46.8 Å². The maximum atomic E-state index is 13.1. The highest BCUT2D eigenvalue weighted by Gasteiger charge is 2.55. The molecular weight excluding hydrogens is 438 g/mol. The average Bonchev–Trinajstić information content (AvgIpc) is 3.10. The summed E-state index contributed by atoms with van der Waals surface area (Å²) in [6.45, 7) is 0.883. The Labute approximate surface area is 194 Å². The minimum Gasteiger partial charge on any atom is -0.478 e. The first-order valence-electron chi connectivity index (χ1n) is 10.8. The van der Waals surface area contributed by atoms with Crippen molar-refractivity contribution in [2.75, 3.05) is 25.1 Å². The number of hydrogen-bond donors (Lipinski definition) is 1. The first kappa shape index (κ1) is 20.3. The molecule has 6 rings (SSSR count). The fourth-order valence-electron chi connectivity index (χ4n) is 5.09. The van der Waals surface area contributed by atoms with Crippen molar-refractivity contribution in [3.8, 4) is 11.5 Å². The summed E-state index contributed by atoms with van der Waals surface area (Å²) >= 11 is 0. The number of fused-ring (bicyclic) bond motifs is 6. The van der Waals surface area contributed by atoms with Crippen LogP contribution in [0.4, 0.5) is 5.69 Å². The van der Waals surface area contributed by atoms with Gasteiger partial charge in [0.25, 0.3) is 0 Å². The number of para-hydroxylation sites is 1. The molecule has 0 bridgehead atoms. The highest BCUT2D eigenvalue weighted by Crippen LogP contribution is 2.59. The van der Waals surface area contributed by atoms with Gasteiger partial charge in [-0.2, -0.15) is 0 Å². The van der Waals surface area contributed by atoms with E-state index < -0.39 is 17.5 Å². The molecule has 3 aliphatic rings. The predicted octanol–water partition coefficient (Wildman–Crippen LogP) is 3.56. The number of rotatable bonds is 3. The number of carboxylic acids is 1. The van der Waals surface area contributed by atoms with E-state index in [4.69, 9.17) is 14.2 Å². The lowest BCUT2D eigenvalue weighted by Crippen LogP contribution is -2.52. The molecule has 0 saturated carbocycles. The summed E-state index contributed by atoms with van der Waals surface area (Å²) in [6.07, 6.45) is 0. The van der Waals surface area contributed by atoms with E-state index in [2.05, 4.69) is 0 Å². The molecule has 1 atom stereocenters. The summed E-state index contributed by atoms with van der Waals surface area (Å²) in [5, 5.41) is 9.65. The molecule has 0 aromatic heterocycles. The predicted molar refractivity (Wildman–Crippen MR) is 119 cm³/mol. The van der Waals surface area contributed by atoms with Crippen molar-refractivity contribution >= 4 is 23.6 Å². The first-order valence-corrected chi connectivity index (χ1v) is 10.8. The number of esters is 2. The van der Waals surface area contributed by atoms with Crippen molar-refractivity contribution < 1.29 is 33.7 Å². The number of hydrogen-bond acceptors (Lipinski definition) is 7. The van der Waals surface area contributed by atoms with Crippen LogP contribution in [0.15, 0.2) is 60.7 Å². The van der Waals surface area contributed by atoms with Gasteiger partial charge < -0.3 is 24.2 Å². The number of anilines is 1. The quantitative estimate of drug-likeness (QED) is 0.596. The van der Waals surface area contributed by atoms with Crippen LogP contribution in [0, 0.1) is 5.92 Å². The monoisotopic (exact) mass is 457 g/mol. The summed E-state index contributed by atoms with van der Waals surface area (Å²) in [4.78, 5) is 38.9. The van der Waals surface area contributed by atoms with Gasteiger partial charge in [-0.3, -0.25) is 4.79 Å². The molecule has 3 aromatic rings. The summed E-state index contributed by atoms with van der Waals surface area (Å²) in [7, 11) is 1.37. The zero-order valence-electron chi connectivity index (χ0n) is 18.1. The molecule has 1 spiro atoms. The van der Waals surface area contributed by atoms with Crippen molar-refractivity contribution in [1.29, 1.82) is 0 Å². The molecule has 3 aliphatic heterocycles. The minimum absolute atomic E-state index is 0.0501. The second-order valence-corrected chi connectivity index (χ2v) is 8.51. The molecule has 1 unspecified atom stereocenters. The summed E-state index contributed by atoms with van der Waals surface area (Å²) < 4.78 is 17.3. The molecular formula is C26H19NO7. The standard InChI is InChI=1S/C26H19NO7/c1-32-24(30)15-12-27(13-15)19-6-4-8-21-22(19)26(17-5-2-3-7-20(17)33-21)18-11-14(23(28)29)9-10-16(18)25(31)34-26/h2-11,15H,12-13H2,1H3,(H,28,29). The van der Waals surface area contributed by atoms with Crippen LogP contribution in [0.5, 0.6) is 11.5 Å². The summed E-state index contributed by atoms with van der Waals surface area (Å²) in [5.41, 5.74) is 1.36. The fourth-order valence-corrected chi connectivity index (χ4v) is 5.09. The zero-order chi connectivity index (χ0) is 23.6. The SMILES string of the molecule is COC(=O)C1CN(c2cccc3c2C2(OC(=O)c4ccc(C(=O)O)cc42)c2ccccc2O3)C1. The number of carbonyl (C=O) groups is 3. The fraction of sp³-hybridized carbons (Fsp3) is 0.192. The third-order valence-corrected chi connectivity index (χ3v) is 6.71. The third-order valence-electron chi connectivity index (χ3n) is 6.71. The lowest BCUT2D eigenvalue weighted by molar-refractivity contribution is -0.146. The van der Waals surface area contributed by atoms with E-state index in [-0.39, 0.29) is 17.5 Å². The van der Waals surface area contributed by atoms with Crippen LogP contribution in [0.3, 0.4) is 0 Å². The lowest BCUT2D eigenvalue weighted by Gasteiger charge is -2.44. The number of ether oxygens (including phenoxy) is 3. The molecule has 1 fully saturated rings.